The Balaban J connectivity index is 0.00000225. The highest BCUT2D eigenvalue weighted by atomic mass is 127. The van der Waals surface area contributed by atoms with Crippen LogP contribution < -0.4 is 10.6 Å². The Kier molecular flexibility index (Phi) is 7.70. The second-order valence-electron chi connectivity index (χ2n) is 9.28. The van der Waals surface area contributed by atoms with E-state index in [1.54, 1.807) is 0 Å². The lowest BCUT2D eigenvalue weighted by molar-refractivity contribution is -0.125. The van der Waals surface area contributed by atoms with E-state index in [0.29, 0.717) is 29.5 Å². The molecule has 2 N–H and O–H groups in total. The van der Waals surface area contributed by atoms with Crippen molar-refractivity contribution in [2.24, 2.45) is 16.3 Å². The van der Waals surface area contributed by atoms with Crippen molar-refractivity contribution >= 4 is 29.9 Å². The lowest BCUT2D eigenvalue weighted by Crippen LogP contribution is -2.69. The van der Waals surface area contributed by atoms with E-state index in [2.05, 4.69) is 36.0 Å². The average Bonchev–Trinajstić information content (AvgIpc) is 3.30. The van der Waals surface area contributed by atoms with Crippen LogP contribution in [0.3, 0.4) is 0 Å². The van der Waals surface area contributed by atoms with E-state index in [4.69, 9.17) is 9.73 Å². The monoisotopic (exact) mass is 502 g/mol. The number of likely N-dealkylation sites (tertiary alicyclic amines) is 1. The Morgan fingerprint density at radius 2 is 1.89 bits per heavy atom. The van der Waals surface area contributed by atoms with Crippen molar-refractivity contribution in [3.05, 3.63) is 12.2 Å². The van der Waals surface area contributed by atoms with Crippen molar-refractivity contribution in [2.75, 3.05) is 32.8 Å². The van der Waals surface area contributed by atoms with Crippen LogP contribution in [0.25, 0.3) is 0 Å². The number of aliphatic imine (C=N–C) groups is 1. The third kappa shape index (κ3) is 4.38. The van der Waals surface area contributed by atoms with Gasteiger partial charge in [-0.05, 0) is 46.0 Å². The minimum Gasteiger partial charge on any atom is -0.377 e. The molecule has 4 fully saturated rings. The molecule has 2 aliphatic heterocycles. The first kappa shape index (κ1) is 22.3. The van der Waals surface area contributed by atoms with Gasteiger partial charge < -0.3 is 15.4 Å². The van der Waals surface area contributed by atoms with E-state index in [9.17, 15) is 0 Å². The summed E-state index contributed by atoms with van der Waals surface area (Å²) >= 11 is 0. The van der Waals surface area contributed by atoms with Gasteiger partial charge in [0.15, 0.2) is 5.96 Å². The van der Waals surface area contributed by atoms with Gasteiger partial charge in [0.25, 0.3) is 0 Å². The minimum absolute atomic E-state index is 0. The van der Waals surface area contributed by atoms with Gasteiger partial charge in [-0.25, -0.2) is 0 Å². The summed E-state index contributed by atoms with van der Waals surface area (Å²) in [5, 5.41) is 7.65. The second kappa shape index (κ2) is 9.65. The normalized spacial score (nSPS) is 32.5. The smallest absolute Gasteiger partial charge is 0.191 e. The lowest BCUT2D eigenvalue weighted by atomic mass is 9.54. The summed E-state index contributed by atoms with van der Waals surface area (Å²) in [7, 11) is 0. The van der Waals surface area contributed by atoms with Gasteiger partial charge in [0.05, 0.1) is 6.10 Å². The third-order valence-electron chi connectivity index (χ3n) is 7.32. The maximum Gasteiger partial charge on any atom is 0.191 e. The van der Waals surface area contributed by atoms with E-state index in [1.807, 2.05) is 0 Å². The molecule has 0 amide bonds. The number of nitrogens with zero attached hydrogens (tertiary/aromatic N) is 2. The molecule has 2 saturated carbocycles. The van der Waals surface area contributed by atoms with Crippen LogP contribution in [0, 0.1) is 11.3 Å². The summed E-state index contributed by atoms with van der Waals surface area (Å²) in [6, 6.07) is 1.08. The van der Waals surface area contributed by atoms with Crippen molar-refractivity contribution in [3.8, 4) is 0 Å². The zero-order chi connectivity index (χ0) is 18.9. The van der Waals surface area contributed by atoms with E-state index in [1.165, 1.54) is 50.5 Å². The molecule has 0 bridgehead atoms. The number of ether oxygens (including phenoxy) is 1. The standard InChI is InChI=1S/C22H38N4O.HI/c1-4-23-21(24-17-7-12-26(13-8-17)15-16(2)3)25-19-18-9-14-27-20(18)22(19)10-5-6-11-22;/h17-20H,2,4-15H2,1,3H3,(H2,23,24,25);1H. The third-order valence-corrected chi connectivity index (χ3v) is 7.32. The molecule has 1 spiro atoms. The largest absolute Gasteiger partial charge is 0.377 e. The van der Waals surface area contributed by atoms with E-state index < -0.39 is 0 Å². The SMILES string of the molecule is C=C(C)CN1CCC(NC(=NCC)NC2C3CCOC3C23CCCC3)CC1.I. The maximum absolute atomic E-state index is 6.14. The van der Waals surface area contributed by atoms with Crippen molar-refractivity contribution < 1.29 is 4.74 Å². The topological polar surface area (TPSA) is 48.9 Å². The minimum atomic E-state index is 0. The predicted octanol–water partition coefficient (Wildman–Crippen LogP) is 3.55. The molecule has 5 nitrogen and oxygen atoms in total. The summed E-state index contributed by atoms with van der Waals surface area (Å²) in [6.07, 6.45) is 9.45. The molecule has 4 aliphatic rings. The molecule has 0 aromatic heterocycles. The molecule has 3 unspecified atom stereocenters. The molecule has 0 aromatic rings. The number of rotatable bonds is 5. The molecule has 6 heteroatoms. The Bertz CT molecular complexity index is 567. The van der Waals surface area contributed by atoms with Crippen LogP contribution in [0.15, 0.2) is 17.1 Å². The van der Waals surface area contributed by atoms with Crippen LogP contribution in [0.1, 0.15) is 58.8 Å². The first-order valence-corrected chi connectivity index (χ1v) is 11.2. The van der Waals surface area contributed by atoms with Gasteiger partial charge in [0.1, 0.15) is 0 Å². The quantitative estimate of drug-likeness (QED) is 0.261. The van der Waals surface area contributed by atoms with Crippen LogP contribution in [0.5, 0.6) is 0 Å². The fourth-order valence-electron chi connectivity index (χ4n) is 6.15. The fraction of sp³-hybridized carbons (Fsp3) is 0.864. The van der Waals surface area contributed by atoms with Crippen LogP contribution in [0.2, 0.25) is 0 Å². The predicted molar refractivity (Wildman–Crippen MR) is 126 cm³/mol. The van der Waals surface area contributed by atoms with Gasteiger partial charge in [0.2, 0.25) is 0 Å². The van der Waals surface area contributed by atoms with Crippen molar-refractivity contribution in [2.45, 2.75) is 77.0 Å². The Morgan fingerprint density at radius 1 is 1.18 bits per heavy atom. The molecule has 3 atom stereocenters. The van der Waals surface area contributed by atoms with E-state index >= 15 is 0 Å². The van der Waals surface area contributed by atoms with Crippen molar-refractivity contribution in [1.82, 2.24) is 15.5 Å². The molecule has 2 aliphatic carbocycles. The number of nitrogens with one attached hydrogen (secondary N) is 2. The fourth-order valence-corrected chi connectivity index (χ4v) is 6.15. The molecule has 28 heavy (non-hydrogen) atoms. The van der Waals surface area contributed by atoms with Crippen LogP contribution in [-0.4, -0.2) is 61.8 Å². The Hall–Kier alpha value is -0.340. The molecule has 4 rings (SSSR count). The van der Waals surface area contributed by atoms with Gasteiger partial charge in [-0.15, -0.1) is 24.0 Å². The summed E-state index contributed by atoms with van der Waals surface area (Å²) in [5.74, 6) is 1.72. The van der Waals surface area contributed by atoms with E-state index in [0.717, 1.165) is 38.7 Å². The summed E-state index contributed by atoms with van der Waals surface area (Å²) in [4.78, 5) is 7.32. The van der Waals surface area contributed by atoms with Gasteiger partial charge in [0, 0.05) is 56.2 Å². The number of hydrogen-bond donors (Lipinski definition) is 2. The molecule has 2 saturated heterocycles. The van der Waals surface area contributed by atoms with Gasteiger partial charge in [-0.2, -0.15) is 0 Å². The molecule has 0 aromatic carbocycles. The highest BCUT2D eigenvalue weighted by Gasteiger charge is 2.65. The number of halogens is 1. The molecule has 0 radical (unpaired) electrons. The van der Waals surface area contributed by atoms with E-state index in [-0.39, 0.29) is 24.0 Å². The van der Waals surface area contributed by atoms with Crippen LogP contribution in [-0.2, 0) is 4.74 Å². The first-order valence-electron chi connectivity index (χ1n) is 11.2. The van der Waals surface area contributed by atoms with Crippen molar-refractivity contribution in [3.63, 3.8) is 0 Å². The number of piperidine rings is 1. The zero-order valence-electron chi connectivity index (χ0n) is 17.7. The van der Waals surface area contributed by atoms with Crippen LogP contribution in [0.4, 0.5) is 0 Å². The number of hydrogen-bond acceptors (Lipinski definition) is 3. The highest BCUT2D eigenvalue weighted by molar-refractivity contribution is 14.0. The molecular weight excluding hydrogens is 463 g/mol. The summed E-state index contributed by atoms with van der Waals surface area (Å²) in [6.45, 7) is 13.4. The summed E-state index contributed by atoms with van der Waals surface area (Å²) < 4.78 is 6.14. The summed E-state index contributed by atoms with van der Waals surface area (Å²) in [5.41, 5.74) is 1.64. The van der Waals surface area contributed by atoms with Gasteiger partial charge in [-0.1, -0.05) is 25.0 Å². The molecular formula is C22H39IN4O. The lowest BCUT2D eigenvalue weighted by Gasteiger charge is -2.57. The first-order chi connectivity index (χ1) is 13.1. The second-order valence-corrected chi connectivity index (χ2v) is 9.28. The van der Waals surface area contributed by atoms with Crippen LogP contribution >= 0.6 is 24.0 Å². The van der Waals surface area contributed by atoms with Gasteiger partial charge in [-0.3, -0.25) is 9.89 Å². The Morgan fingerprint density at radius 3 is 2.54 bits per heavy atom. The van der Waals surface area contributed by atoms with Crippen molar-refractivity contribution in [1.29, 1.82) is 0 Å². The molecule has 160 valence electrons. The number of fused-ring (bicyclic) bond motifs is 2. The maximum atomic E-state index is 6.14. The number of guanidine groups is 1. The zero-order valence-corrected chi connectivity index (χ0v) is 20.0. The molecule has 2 heterocycles. The Labute approximate surface area is 188 Å². The van der Waals surface area contributed by atoms with Gasteiger partial charge >= 0.3 is 0 Å². The average molecular weight is 502 g/mol. The highest BCUT2D eigenvalue weighted by Crippen LogP contribution is 2.60.